The monoisotopic (exact) mass is 440 g/mol. The van der Waals surface area contributed by atoms with Crippen LogP contribution in [0.15, 0.2) is 84.9 Å². The van der Waals surface area contributed by atoms with E-state index < -0.39 is 0 Å². The maximum absolute atomic E-state index is 6.47. The summed E-state index contributed by atoms with van der Waals surface area (Å²) >= 11 is 0. The maximum atomic E-state index is 6.47. The van der Waals surface area contributed by atoms with Crippen LogP contribution in [0.25, 0.3) is 0 Å². The number of benzene rings is 4. The van der Waals surface area contributed by atoms with E-state index in [1.165, 1.54) is 22.3 Å². The van der Waals surface area contributed by atoms with E-state index in [1.807, 2.05) is 84.9 Å². The highest BCUT2D eigenvalue weighted by Gasteiger charge is 2.26. The molecule has 0 unspecified atom stereocenters. The molecule has 0 fully saturated rings. The summed E-state index contributed by atoms with van der Waals surface area (Å²) in [6.07, 6.45) is 0. The molecular weight excluding hydrogens is 410 g/mol. The number of hydrogen-bond acceptors (Lipinski definition) is 4. The Bertz CT molecular complexity index is 1160. The molecule has 33 heavy (non-hydrogen) atoms. The molecule has 0 saturated carbocycles. The Morgan fingerprint density at radius 2 is 0.788 bits per heavy atom. The van der Waals surface area contributed by atoms with Crippen molar-refractivity contribution in [3.63, 3.8) is 0 Å². The molecule has 0 saturated heterocycles. The molecule has 0 atom stereocenters. The van der Waals surface area contributed by atoms with Crippen molar-refractivity contribution in [2.75, 3.05) is 0 Å². The van der Waals surface area contributed by atoms with Crippen molar-refractivity contribution in [1.29, 1.82) is 0 Å². The predicted molar refractivity (Wildman–Crippen MR) is 135 cm³/mol. The van der Waals surface area contributed by atoms with Crippen LogP contribution in [-0.2, 0) is 0 Å². The van der Waals surface area contributed by atoms with Crippen LogP contribution in [0.5, 0.6) is 23.0 Å². The van der Waals surface area contributed by atoms with Gasteiger partial charge in [-0.3, -0.25) is 0 Å². The van der Waals surface area contributed by atoms with E-state index in [1.54, 1.807) is 0 Å². The maximum Gasteiger partial charge on any atom is 0.176 e. The largest absolute Gasteiger partial charge is 0.457 e. The average Bonchev–Trinajstić information content (AvgIpc) is 2.80. The van der Waals surface area contributed by atoms with Crippen molar-refractivity contribution < 1.29 is 9.47 Å². The van der Waals surface area contributed by atoms with Gasteiger partial charge in [-0.2, -0.15) is 11.7 Å². The Kier molecular flexibility index (Phi) is 6.20. The Hall–Kier alpha value is -3.64. The van der Waals surface area contributed by atoms with Gasteiger partial charge in [0, 0.05) is 24.3 Å². The number of nitrogens with zero attached hydrogens (tertiary/aromatic N) is 1. The molecule has 5 nitrogen and oxygen atoms in total. The minimum atomic E-state index is -0.381. The summed E-state index contributed by atoms with van der Waals surface area (Å²) in [6, 6.07) is 27.0. The second-order valence-corrected chi connectivity index (χ2v) is 8.46. The molecule has 0 aliphatic rings. The Morgan fingerprint density at radius 1 is 0.455 bits per heavy atom. The average molecular weight is 441 g/mol. The second-order valence-electron chi connectivity index (χ2n) is 8.46. The van der Waals surface area contributed by atoms with Crippen LogP contribution in [0.3, 0.4) is 0 Å². The molecule has 0 aliphatic carbocycles. The van der Waals surface area contributed by atoms with E-state index in [0.29, 0.717) is 0 Å². The van der Waals surface area contributed by atoms with Gasteiger partial charge in [-0.05, 0) is 98.5 Å². The van der Waals surface area contributed by atoms with Gasteiger partial charge in [0.05, 0.1) is 0 Å². The zero-order chi connectivity index (χ0) is 23.6. The van der Waals surface area contributed by atoms with Gasteiger partial charge in [0.15, 0.2) is 11.4 Å². The van der Waals surface area contributed by atoms with Crippen molar-refractivity contribution in [3.05, 3.63) is 107 Å². The van der Waals surface area contributed by atoms with E-state index in [4.69, 9.17) is 21.2 Å². The van der Waals surface area contributed by atoms with Crippen molar-refractivity contribution in [2.24, 2.45) is 11.7 Å². The Balaban J connectivity index is 1.47. The van der Waals surface area contributed by atoms with Crippen molar-refractivity contribution in [1.82, 2.24) is 4.70 Å². The molecule has 4 aromatic rings. The normalized spacial score (nSPS) is 11.3. The van der Waals surface area contributed by atoms with Crippen LogP contribution >= 0.6 is 0 Å². The van der Waals surface area contributed by atoms with Gasteiger partial charge in [-0.25, -0.2) is 0 Å². The standard InChI is InChI=1S/C28H30N3O2/c1-19-5-11-27(17-21(19)3)32-25-13-7-23(8-14-25)31(29,30)24-9-15-26(16-10-24)33-28-12-6-20(2)22(4)18-28/h5-18H,29-30H2,1-4H3/q+1. The highest BCUT2D eigenvalue weighted by Crippen LogP contribution is 2.32. The fourth-order valence-corrected chi connectivity index (χ4v) is 3.50. The van der Waals surface area contributed by atoms with E-state index >= 15 is 0 Å². The van der Waals surface area contributed by atoms with Crippen LogP contribution in [0.2, 0.25) is 0 Å². The summed E-state index contributed by atoms with van der Waals surface area (Å²) < 4.78 is 11.6. The van der Waals surface area contributed by atoms with Crippen LogP contribution in [0.1, 0.15) is 22.3 Å². The molecule has 4 rings (SSSR count). The first-order valence-corrected chi connectivity index (χ1v) is 10.9. The number of nitrogens with two attached hydrogens (primary N) is 2. The first-order valence-electron chi connectivity index (χ1n) is 10.9. The molecular formula is C28H30N3O2+. The first-order chi connectivity index (χ1) is 15.7. The number of quaternary nitrogens is 1. The third-order valence-corrected chi connectivity index (χ3v) is 5.96. The lowest BCUT2D eigenvalue weighted by atomic mass is 10.1. The molecule has 0 heterocycles. The molecule has 0 spiro atoms. The van der Waals surface area contributed by atoms with E-state index in [2.05, 4.69) is 27.7 Å². The van der Waals surface area contributed by atoms with Crippen molar-refractivity contribution in [3.8, 4) is 23.0 Å². The van der Waals surface area contributed by atoms with Gasteiger partial charge in [0.1, 0.15) is 23.0 Å². The molecule has 0 bridgehead atoms. The number of ether oxygens (including phenoxy) is 2. The van der Waals surface area contributed by atoms with Gasteiger partial charge in [-0.1, -0.05) is 12.1 Å². The molecule has 4 aromatic carbocycles. The zero-order valence-corrected chi connectivity index (χ0v) is 19.5. The molecule has 0 amide bonds. The zero-order valence-electron chi connectivity index (χ0n) is 19.5. The summed E-state index contributed by atoms with van der Waals surface area (Å²) in [6.45, 7) is 8.29. The summed E-state index contributed by atoms with van der Waals surface area (Å²) in [5.41, 5.74) is 6.30. The van der Waals surface area contributed by atoms with E-state index in [9.17, 15) is 0 Å². The minimum absolute atomic E-state index is 0.381. The smallest absolute Gasteiger partial charge is 0.176 e. The molecule has 0 aliphatic heterocycles. The van der Waals surface area contributed by atoms with Gasteiger partial charge in [0.25, 0.3) is 0 Å². The molecule has 0 aromatic heterocycles. The van der Waals surface area contributed by atoms with Crippen LogP contribution < -0.4 is 25.9 Å². The summed E-state index contributed by atoms with van der Waals surface area (Å²) in [7, 11) is 0. The SMILES string of the molecule is Cc1ccc(Oc2ccc([N+](N)(N)c3ccc(Oc4ccc(C)c(C)c4)cc3)cc2)cc1C. The van der Waals surface area contributed by atoms with Crippen LogP contribution in [-0.4, -0.2) is 0 Å². The topological polar surface area (TPSA) is 70.5 Å². The fraction of sp³-hybridized carbons (Fsp3) is 0.143. The lowest BCUT2D eigenvalue weighted by Crippen LogP contribution is -2.57. The second kappa shape index (κ2) is 9.08. The Morgan fingerprint density at radius 3 is 1.12 bits per heavy atom. The van der Waals surface area contributed by atoms with E-state index in [0.717, 1.165) is 34.4 Å². The van der Waals surface area contributed by atoms with Crippen molar-refractivity contribution in [2.45, 2.75) is 27.7 Å². The highest BCUT2D eigenvalue weighted by atomic mass is 16.5. The molecule has 4 N–H and O–H groups in total. The number of rotatable bonds is 6. The van der Waals surface area contributed by atoms with Gasteiger partial charge < -0.3 is 9.47 Å². The summed E-state index contributed by atoms with van der Waals surface area (Å²) in [5.74, 6) is 16.0. The number of aryl methyl sites for hydroxylation is 4. The van der Waals surface area contributed by atoms with Gasteiger partial charge >= 0.3 is 0 Å². The van der Waals surface area contributed by atoms with Crippen molar-refractivity contribution >= 4 is 11.4 Å². The molecule has 168 valence electrons. The Labute approximate surface area is 195 Å². The van der Waals surface area contributed by atoms with Crippen LogP contribution in [0.4, 0.5) is 11.4 Å². The predicted octanol–water partition coefficient (Wildman–Crippen LogP) is 6.89. The van der Waals surface area contributed by atoms with Gasteiger partial charge in [-0.15, -0.1) is 4.70 Å². The molecule has 0 radical (unpaired) electrons. The molecule has 5 heteroatoms. The van der Waals surface area contributed by atoms with Gasteiger partial charge in [0.2, 0.25) is 0 Å². The lowest BCUT2D eigenvalue weighted by molar-refractivity contribution is 0.415. The third kappa shape index (κ3) is 5.07. The van der Waals surface area contributed by atoms with Crippen LogP contribution in [0, 0.1) is 27.7 Å². The first kappa shape index (κ1) is 22.6. The minimum Gasteiger partial charge on any atom is -0.457 e. The number of hydrogen-bond donors (Lipinski definition) is 2. The summed E-state index contributed by atoms with van der Waals surface area (Å²) in [5, 5.41) is 0. The lowest BCUT2D eigenvalue weighted by Gasteiger charge is -2.25. The fourth-order valence-electron chi connectivity index (χ4n) is 3.50. The van der Waals surface area contributed by atoms with E-state index in [-0.39, 0.29) is 4.70 Å². The quantitative estimate of drug-likeness (QED) is 0.194. The summed E-state index contributed by atoms with van der Waals surface area (Å²) in [4.78, 5) is 0. The third-order valence-electron chi connectivity index (χ3n) is 5.96. The highest BCUT2D eigenvalue weighted by molar-refractivity contribution is 5.58.